The summed E-state index contributed by atoms with van der Waals surface area (Å²) in [6.45, 7) is 2.91. The van der Waals surface area contributed by atoms with Crippen LogP contribution in [-0.4, -0.2) is 26.4 Å². The lowest BCUT2D eigenvalue weighted by molar-refractivity contribution is -0.383. The van der Waals surface area contributed by atoms with Crippen LogP contribution in [0.4, 0.5) is 23.0 Å². The zero-order valence-electron chi connectivity index (χ0n) is 22.3. The SMILES string of the molecule is CCCCCCCCCCCCCCCCNc1ncnc(Nc2cccc3cccnc23)c1[N+](=O)[O-]. The van der Waals surface area contributed by atoms with E-state index in [0.717, 1.165) is 23.7 Å². The number of fused-ring (bicyclic) bond motifs is 1. The molecule has 0 atom stereocenters. The van der Waals surface area contributed by atoms with Gasteiger partial charge in [0.25, 0.3) is 0 Å². The van der Waals surface area contributed by atoms with Gasteiger partial charge in [0.05, 0.1) is 16.1 Å². The molecule has 0 aliphatic carbocycles. The Morgan fingerprint density at radius 3 is 2.00 bits per heavy atom. The number of unbranched alkanes of at least 4 members (excludes halogenated alkanes) is 13. The monoisotopic (exact) mass is 506 g/mol. The smallest absolute Gasteiger partial charge is 0.353 e. The summed E-state index contributed by atoms with van der Waals surface area (Å²) in [5.41, 5.74) is 1.24. The maximum atomic E-state index is 11.9. The number of hydrogen-bond acceptors (Lipinski definition) is 7. The number of para-hydroxylation sites is 1. The molecular formula is C29H42N6O2. The van der Waals surface area contributed by atoms with Crippen molar-refractivity contribution in [2.75, 3.05) is 17.2 Å². The minimum Gasteiger partial charge on any atom is -0.364 e. The first-order valence-electron chi connectivity index (χ1n) is 14.0. The molecule has 3 rings (SSSR count). The lowest BCUT2D eigenvalue weighted by atomic mass is 10.0. The summed E-state index contributed by atoms with van der Waals surface area (Å²) in [6.07, 6.45) is 21.2. The average Bonchev–Trinajstić information content (AvgIpc) is 2.91. The fourth-order valence-electron chi connectivity index (χ4n) is 4.63. The number of aromatic nitrogens is 3. The van der Waals surface area contributed by atoms with E-state index in [4.69, 9.17) is 0 Å². The molecule has 0 aliphatic rings. The van der Waals surface area contributed by atoms with Crippen molar-refractivity contribution in [1.29, 1.82) is 0 Å². The van der Waals surface area contributed by atoms with E-state index in [2.05, 4.69) is 32.5 Å². The summed E-state index contributed by atoms with van der Waals surface area (Å²) < 4.78 is 0. The van der Waals surface area contributed by atoms with Crippen LogP contribution in [0, 0.1) is 10.1 Å². The van der Waals surface area contributed by atoms with E-state index in [1.54, 1.807) is 6.20 Å². The Bertz CT molecular complexity index is 1090. The first-order valence-corrected chi connectivity index (χ1v) is 14.0. The molecule has 0 amide bonds. The molecule has 0 saturated carbocycles. The molecule has 200 valence electrons. The highest BCUT2D eigenvalue weighted by Crippen LogP contribution is 2.33. The van der Waals surface area contributed by atoms with Gasteiger partial charge in [0.1, 0.15) is 6.33 Å². The molecule has 0 fully saturated rings. The third-order valence-electron chi connectivity index (χ3n) is 6.71. The molecule has 0 aliphatic heterocycles. The zero-order valence-corrected chi connectivity index (χ0v) is 22.3. The summed E-state index contributed by atoms with van der Waals surface area (Å²) >= 11 is 0. The van der Waals surface area contributed by atoms with Crippen LogP contribution in [0.15, 0.2) is 42.9 Å². The second kappa shape index (κ2) is 16.5. The topological polar surface area (TPSA) is 106 Å². The van der Waals surface area contributed by atoms with Gasteiger partial charge in [-0.3, -0.25) is 15.1 Å². The molecule has 0 saturated heterocycles. The summed E-state index contributed by atoms with van der Waals surface area (Å²) in [5.74, 6) is 0.395. The first kappa shape index (κ1) is 28.3. The fourth-order valence-corrected chi connectivity index (χ4v) is 4.63. The molecule has 2 aromatic heterocycles. The number of nitrogens with one attached hydrogen (secondary N) is 2. The second-order valence-corrected chi connectivity index (χ2v) is 9.71. The third kappa shape index (κ3) is 9.59. The maximum absolute atomic E-state index is 11.9. The van der Waals surface area contributed by atoms with E-state index in [0.29, 0.717) is 12.2 Å². The van der Waals surface area contributed by atoms with Gasteiger partial charge in [0, 0.05) is 18.1 Å². The van der Waals surface area contributed by atoms with Gasteiger partial charge in [0.2, 0.25) is 11.6 Å². The van der Waals surface area contributed by atoms with Gasteiger partial charge in [-0.25, -0.2) is 9.97 Å². The lowest BCUT2D eigenvalue weighted by Gasteiger charge is -2.11. The largest absolute Gasteiger partial charge is 0.364 e. The molecule has 8 heteroatoms. The zero-order chi connectivity index (χ0) is 26.1. The van der Waals surface area contributed by atoms with E-state index in [1.165, 1.54) is 83.4 Å². The third-order valence-corrected chi connectivity index (χ3v) is 6.71. The van der Waals surface area contributed by atoms with Gasteiger partial charge in [0.15, 0.2) is 0 Å². The van der Waals surface area contributed by atoms with Crippen molar-refractivity contribution in [1.82, 2.24) is 15.0 Å². The summed E-state index contributed by atoms with van der Waals surface area (Å²) in [6, 6.07) is 9.48. The van der Waals surface area contributed by atoms with Crippen LogP contribution in [-0.2, 0) is 0 Å². The van der Waals surface area contributed by atoms with Crippen molar-refractivity contribution < 1.29 is 4.92 Å². The van der Waals surface area contributed by atoms with E-state index < -0.39 is 4.92 Å². The Balaban J connectivity index is 1.37. The number of rotatable bonds is 19. The molecule has 0 unspecified atom stereocenters. The average molecular weight is 507 g/mol. The Morgan fingerprint density at radius 2 is 1.35 bits per heavy atom. The van der Waals surface area contributed by atoms with Crippen LogP contribution in [0.25, 0.3) is 10.9 Å². The van der Waals surface area contributed by atoms with Crippen LogP contribution < -0.4 is 10.6 Å². The molecule has 2 N–H and O–H groups in total. The van der Waals surface area contributed by atoms with Crippen LogP contribution in [0.3, 0.4) is 0 Å². The molecular weight excluding hydrogens is 464 g/mol. The van der Waals surface area contributed by atoms with Crippen molar-refractivity contribution in [3.8, 4) is 0 Å². The van der Waals surface area contributed by atoms with Crippen LogP contribution in [0.2, 0.25) is 0 Å². The standard InChI is InChI=1S/C29H42N6O2/c1-2-3-4-5-6-7-8-9-10-11-12-13-14-15-21-31-28-27(35(36)37)29(33-23-32-28)34-25-20-16-18-24-19-17-22-30-26(24)25/h16-20,22-23H,2-15,21H2,1H3,(H2,31,32,33,34). The molecule has 3 aromatic rings. The quantitative estimate of drug-likeness (QED) is 0.0952. The van der Waals surface area contributed by atoms with E-state index in [1.807, 2.05) is 30.3 Å². The molecule has 8 nitrogen and oxygen atoms in total. The van der Waals surface area contributed by atoms with Gasteiger partial charge in [-0.05, 0) is 18.6 Å². The predicted molar refractivity (Wildman–Crippen MR) is 153 cm³/mol. The Hall–Kier alpha value is -3.29. The normalized spacial score (nSPS) is 11.1. The molecule has 0 spiro atoms. The van der Waals surface area contributed by atoms with Gasteiger partial charge in [-0.1, -0.05) is 109 Å². The maximum Gasteiger partial charge on any atom is 0.353 e. The molecule has 1 aromatic carbocycles. The van der Waals surface area contributed by atoms with Crippen molar-refractivity contribution in [2.24, 2.45) is 0 Å². The fraction of sp³-hybridized carbons (Fsp3) is 0.552. The van der Waals surface area contributed by atoms with Crippen LogP contribution in [0.1, 0.15) is 96.8 Å². The number of hydrogen-bond donors (Lipinski definition) is 2. The minimum absolute atomic E-state index is 0.152. The van der Waals surface area contributed by atoms with Gasteiger partial charge in [-0.2, -0.15) is 0 Å². The van der Waals surface area contributed by atoms with Crippen LogP contribution in [0.5, 0.6) is 0 Å². The van der Waals surface area contributed by atoms with Gasteiger partial charge < -0.3 is 10.6 Å². The summed E-state index contributed by atoms with van der Waals surface area (Å²) in [7, 11) is 0. The summed E-state index contributed by atoms with van der Waals surface area (Å²) in [4.78, 5) is 24.2. The van der Waals surface area contributed by atoms with Crippen molar-refractivity contribution in [3.05, 3.63) is 53.0 Å². The number of nitro groups is 1. The highest BCUT2D eigenvalue weighted by molar-refractivity contribution is 5.92. The van der Waals surface area contributed by atoms with E-state index in [9.17, 15) is 10.1 Å². The summed E-state index contributed by atoms with van der Waals surface area (Å²) in [5, 5.41) is 19.1. The Labute approximate surface area is 220 Å². The van der Waals surface area contributed by atoms with Crippen LogP contribution >= 0.6 is 0 Å². The first-order chi connectivity index (χ1) is 18.2. The number of pyridine rings is 1. The predicted octanol–water partition coefficient (Wildman–Crippen LogP) is 8.57. The Kier molecular flexibility index (Phi) is 12.6. The highest BCUT2D eigenvalue weighted by atomic mass is 16.6. The lowest BCUT2D eigenvalue weighted by Crippen LogP contribution is -2.09. The van der Waals surface area contributed by atoms with E-state index >= 15 is 0 Å². The Morgan fingerprint density at radius 1 is 0.757 bits per heavy atom. The van der Waals surface area contributed by atoms with Crippen molar-refractivity contribution in [3.63, 3.8) is 0 Å². The molecule has 2 heterocycles. The molecule has 0 radical (unpaired) electrons. The number of nitrogens with zero attached hydrogens (tertiary/aromatic N) is 4. The minimum atomic E-state index is -0.436. The van der Waals surface area contributed by atoms with Gasteiger partial charge >= 0.3 is 5.69 Å². The second-order valence-electron chi connectivity index (χ2n) is 9.71. The van der Waals surface area contributed by atoms with E-state index in [-0.39, 0.29) is 17.3 Å². The molecule has 0 bridgehead atoms. The van der Waals surface area contributed by atoms with Crippen molar-refractivity contribution >= 4 is 33.9 Å². The van der Waals surface area contributed by atoms with Crippen molar-refractivity contribution in [2.45, 2.75) is 96.8 Å². The number of anilines is 3. The highest BCUT2D eigenvalue weighted by Gasteiger charge is 2.23. The number of benzene rings is 1. The molecule has 37 heavy (non-hydrogen) atoms. The van der Waals surface area contributed by atoms with Gasteiger partial charge in [-0.15, -0.1) is 0 Å².